The Morgan fingerprint density at radius 1 is 1.16 bits per heavy atom. The molecule has 0 unspecified atom stereocenters. The molecule has 1 N–H and O–H groups in total. The van der Waals surface area contributed by atoms with Gasteiger partial charge in [-0.25, -0.2) is 13.4 Å². The molecule has 0 spiro atoms. The monoisotopic (exact) mass is 486 g/mol. The van der Waals surface area contributed by atoms with Crippen molar-refractivity contribution < 1.29 is 13.2 Å². The molecule has 1 amide bonds. The van der Waals surface area contributed by atoms with E-state index in [1.165, 1.54) is 50.5 Å². The van der Waals surface area contributed by atoms with Crippen LogP contribution >= 0.6 is 22.9 Å². The summed E-state index contributed by atoms with van der Waals surface area (Å²) in [7, 11) is -3.79. The summed E-state index contributed by atoms with van der Waals surface area (Å²) in [5, 5.41) is 4.83. The molecule has 0 fully saturated rings. The molecule has 2 aromatic carbocycles. The molecule has 8 nitrogen and oxygen atoms in total. The van der Waals surface area contributed by atoms with Crippen molar-refractivity contribution in [2.45, 2.75) is 11.3 Å². The fraction of sp³-hybridized carbons (Fsp3) is 0.0952. The summed E-state index contributed by atoms with van der Waals surface area (Å²) in [5.74, 6) is -0.617. The summed E-state index contributed by atoms with van der Waals surface area (Å²) in [5.41, 5.74) is 1.14. The number of fused-ring (bicyclic) bond motifs is 2. The first-order chi connectivity index (χ1) is 15.3. The lowest BCUT2D eigenvalue weighted by Gasteiger charge is -2.20. The molecule has 0 atom stereocenters. The molecule has 0 bridgehead atoms. The molecule has 0 aliphatic carbocycles. The zero-order valence-corrected chi connectivity index (χ0v) is 18.7. The molecule has 1 aliphatic heterocycles. The summed E-state index contributed by atoms with van der Waals surface area (Å²) < 4.78 is 28.9. The Balaban J connectivity index is 1.46. The van der Waals surface area contributed by atoms with Crippen LogP contribution < -0.4 is 15.2 Å². The molecule has 3 heterocycles. The van der Waals surface area contributed by atoms with Gasteiger partial charge in [-0.2, -0.15) is 0 Å². The standard InChI is InChI=1S/C21H15ClN4O4S2/c22-14-2-5-16(6-3-14)32(29,30)26-8-7-13-1-4-15(11-18(13)26)24-19(27)17-12-23-21-25(20(17)28)9-10-31-21/h1-6,9-12H,7-8H2,(H,24,27). The predicted octanol–water partition coefficient (Wildman–Crippen LogP) is 3.41. The molecule has 1 aliphatic rings. The number of nitrogens with one attached hydrogen (secondary N) is 1. The Kier molecular flexibility index (Phi) is 5.00. The topological polar surface area (TPSA) is 101 Å². The van der Waals surface area contributed by atoms with E-state index in [9.17, 15) is 18.0 Å². The number of aromatic nitrogens is 2. The van der Waals surface area contributed by atoms with Gasteiger partial charge in [0, 0.05) is 35.0 Å². The number of nitrogens with zero attached hydrogens (tertiary/aromatic N) is 3. The third-order valence-electron chi connectivity index (χ3n) is 5.19. The normalized spacial score (nSPS) is 13.3. The summed E-state index contributed by atoms with van der Waals surface area (Å²) >= 11 is 7.17. The molecule has 2 aromatic heterocycles. The highest BCUT2D eigenvalue weighted by molar-refractivity contribution is 7.92. The highest BCUT2D eigenvalue weighted by Crippen LogP contribution is 2.35. The number of carbonyl (C=O) groups is 1. The number of carbonyl (C=O) groups excluding carboxylic acids is 1. The van der Waals surface area contributed by atoms with Gasteiger partial charge in [0.1, 0.15) is 5.56 Å². The molecular weight excluding hydrogens is 472 g/mol. The lowest BCUT2D eigenvalue weighted by Crippen LogP contribution is -2.29. The van der Waals surface area contributed by atoms with Crippen LogP contribution in [0.4, 0.5) is 11.4 Å². The van der Waals surface area contributed by atoms with Crippen LogP contribution in [-0.2, 0) is 16.4 Å². The van der Waals surface area contributed by atoms with E-state index in [2.05, 4.69) is 10.3 Å². The smallest absolute Gasteiger partial charge is 0.271 e. The van der Waals surface area contributed by atoms with Gasteiger partial charge in [-0.15, -0.1) is 11.3 Å². The maximum atomic E-state index is 13.2. The zero-order valence-electron chi connectivity index (χ0n) is 16.4. The van der Waals surface area contributed by atoms with E-state index in [1.807, 2.05) is 0 Å². The number of benzene rings is 2. The number of amides is 1. The number of rotatable bonds is 4. The van der Waals surface area contributed by atoms with Crippen molar-refractivity contribution in [3.8, 4) is 0 Å². The molecule has 0 radical (unpaired) electrons. The van der Waals surface area contributed by atoms with Crippen molar-refractivity contribution in [3.63, 3.8) is 0 Å². The van der Waals surface area contributed by atoms with E-state index in [0.717, 1.165) is 5.56 Å². The van der Waals surface area contributed by atoms with Crippen molar-refractivity contribution in [1.82, 2.24) is 9.38 Å². The van der Waals surface area contributed by atoms with E-state index < -0.39 is 21.5 Å². The van der Waals surface area contributed by atoms with Gasteiger partial charge in [-0.1, -0.05) is 17.7 Å². The number of hydrogen-bond donors (Lipinski definition) is 1. The maximum Gasteiger partial charge on any atom is 0.271 e. The van der Waals surface area contributed by atoms with Gasteiger partial charge < -0.3 is 5.32 Å². The predicted molar refractivity (Wildman–Crippen MR) is 123 cm³/mol. The first kappa shape index (κ1) is 20.7. The molecular formula is C21H15ClN4O4S2. The fourth-order valence-corrected chi connectivity index (χ4v) is 5.89. The summed E-state index contributed by atoms with van der Waals surface area (Å²) in [6.07, 6.45) is 3.35. The Hall–Kier alpha value is -3.21. The van der Waals surface area contributed by atoms with Crippen LogP contribution in [0.1, 0.15) is 15.9 Å². The summed E-state index contributed by atoms with van der Waals surface area (Å²) in [6, 6.07) is 11.0. The third kappa shape index (κ3) is 3.46. The van der Waals surface area contributed by atoms with Gasteiger partial charge in [-0.05, 0) is 48.4 Å². The number of sulfonamides is 1. The summed E-state index contributed by atoms with van der Waals surface area (Å²) in [4.78, 5) is 30.0. The number of anilines is 2. The van der Waals surface area contributed by atoms with Crippen molar-refractivity contribution in [2.24, 2.45) is 0 Å². The van der Waals surface area contributed by atoms with Crippen LogP contribution in [0.3, 0.4) is 0 Å². The SMILES string of the molecule is O=C(Nc1ccc2c(c1)N(S(=O)(=O)c1ccc(Cl)cc1)CC2)c1cnc2sccn2c1=O. The quantitative estimate of drug-likeness (QED) is 0.476. The average Bonchev–Trinajstić information content (AvgIpc) is 3.41. The highest BCUT2D eigenvalue weighted by atomic mass is 35.5. The van der Waals surface area contributed by atoms with Crippen molar-refractivity contribution in [1.29, 1.82) is 0 Å². The van der Waals surface area contributed by atoms with Crippen LogP contribution in [-0.4, -0.2) is 30.3 Å². The van der Waals surface area contributed by atoms with E-state index in [0.29, 0.717) is 27.8 Å². The molecule has 4 aromatic rings. The van der Waals surface area contributed by atoms with Crippen molar-refractivity contribution >= 4 is 55.2 Å². The van der Waals surface area contributed by atoms with Gasteiger partial charge in [0.05, 0.1) is 10.6 Å². The van der Waals surface area contributed by atoms with Crippen LogP contribution in [0, 0.1) is 0 Å². The van der Waals surface area contributed by atoms with E-state index in [4.69, 9.17) is 11.6 Å². The first-order valence-corrected chi connectivity index (χ1v) is 12.2. The fourth-order valence-electron chi connectivity index (χ4n) is 3.59. The molecule has 11 heteroatoms. The minimum absolute atomic E-state index is 0.105. The summed E-state index contributed by atoms with van der Waals surface area (Å²) in [6.45, 7) is 0.289. The van der Waals surface area contributed by atoms with Gasteiger partial charge >= 0.3 is 0 Å². The molecule has 32 heavy (non-hydrogen) atoms. The van der Waals surface area contributed by atoms with Crippen LogP contribution in [0.5, 0.6) is 0 Å². The Morgan fingerprint density at radius 3 is 2.72 bits per heavy atom. The first-order valence-electron chi connectivity index (χ1n) is 9.52. The maximum absolute atomic E-state index is 13.2. The van der Waals surface area contributed by atoms with Crippen LogP contribution in [0.15, 0.2) is 69.9 Å². The third-order valence-corrected chi connectivity index (χ3v) is 8.04. The van der Waals surface area contributed by atoms with E-state index in [-0.39, 0.29) is 17.0 Å². The lowest BCUT2D eigenvalue weighted by atomic mass is 10.1. The van der Waals surface area contributed by atoms with Gasteiger partial charge in [0.15, 0.2) is 4.96 Å². The van der Waals surface area contributed by atoms with Gasteiger partial charge in [0.2, 0.25) is 0 Å². The number of halogens is 1. The Bertz CT molecular complexity index is 1530. The van der Waals surface area contributed by atoms with Gasteiger partial charge in [-0.3, -0.25) is 18.3 Å². The minimum atomic E-state index is -3.79. The average molecular weight is 487 g/mol. The Labute approximate surface area is 191 Å². The van der Waals surface area contributed by atoms with Crippen LogP contribution in [0.2, 0.25) is 5.02 Å². The number of hydrogen-bond acceptors (Lipinski definition) is 6. The van der Waals surface area contributed by atoms with E-state index in [1.54, 1.807) is 29.8 Å². The lowest BCUT2D eigenvalue weighted by molar-refractivity contribution is 0.102. The second-order valence-electron chi connectivity index (χ2n) is 7.11. The molecule has 162 valence electrons. The molecule has 0 saturated heterocycles. The second kappa shape index (κ2) is 7.73. The van der Waals surface area contributed by atoms with Gasteiger partial charge in [0.25, 0.3) is 21.5 Å². The number of thiazole rings is 1. The van der Waals surface area contributed by atoms with Crippen LogP contribution in [0.25, 0.3) is 4.96 Å². The van der Waals surface area contributed by atoms with Crippen molar-refractivity contribution in [2.75, 3.05) is 16.2 Å². The minimum Gasteiger partial charge on any atom is -0.322 e. The van der Waals surface area contributed by atoms with E-state index >= 15 is 0 Å². The molecule has 0 saturated carbocycles. The highest BCUT2D eigenvalue weighted by Gasteiger charge is 2.31. The van der Waals surface area contributed by atoms with Crippen molar-refractivity contribution in [3.05, 3.63) is 86.7 Å². The largest absolute Gasteiger partial charge is 0.322 e. The Morgan fingerprint density at radius 2 is 1.94 bits per heavy atom. The zero-order chi connectivity index (χ0) is 22.5. The molecule has 5 rings (SSSR count). The second-order valence-corrected chi connectivity index (χ2v) is 10.3.